The number of hydrogen-bond acceptors (Lipinski definition) is 2. The van der Waals surface area contributed by atoms with Gasteiger partial charge in [0.25, 0.3) is 0 Å². The van der Waals surface area contributed by atoms with E-state index in [2.05, 4.69) is 82.6 Å². The third-order valence-electron chi connectivity index (χ3n) is 4.19. The first-order chi connectivity index (χ1) is 10.9. The Bertz CT molecular complexity index is 575. The second-order valence-corrected chi connectivity index (χ2v) is 5.88. The molecule has 0 spiro atoms. The van der Waals surface area contributed by atoms with Crippen LogP contribution in [0, 0.1) is 0 Å². The zero-order chi connectivity index (χ0) is 15.0. The van der Waals surface area contributed by atoms with Crippen LogP contribution in [0.4, 0.5) is 0 Å². The summed E-state index contributed by atoms with van der Waals surface area (Å²) in [5, 5.41) is 0. The van der Waals surface area contributed by atoms with E-state index in [1.165, 1.54) is 11.1 Å². The second-order valence-electron chi connectivity index (χ2n) is 5.88. The topological polar surface area (TPSA) is 6.48 Å². The van der Waals surface area contributed by atoms with Crippen LogP contribution in [0.25, 0.3) is 6.08 Å². The average molecular weight is 329 g/mol. The molecule has 0 radical (unpaired) electrons. The maximum absolute atomic E-state index is 2.55. The van der Waals surface area contributed by atoms with Gasteiger partial charge in [0, 0.05) is 39.3 Å². The van der Waals surface area contributed by atoms with Crippen LogP contribution in [-0.2, 0) is 6.54 Å². The molecular formula is C20H25ClN2. The molecule has 0 aliphatic carbocycles. The molecule has 0 amide bonds. The zero-order valence-electron chi connectivity index (χ0n) is 13.5. The Hall–Kier alpha value is -1.61. The van der Waals surface area contributed by atoms with Crippen LogP contribution < -0.4 is 0 Å². The SMILES string of the molecule is C(=C\c1ccccc1)/CN1CCN(Cc2ccccc2)CC1.Cl. The zero-order valence-corrected chi connectivity index (χ0v) is 14.3. The minimum absolute atomic E-state index is 0. The standard InChI is InChI=1S/C20H24N2.ClH/c1-3-8-19(9-4-1)12-7-13-21-14-16-22(17-15-21)18-20-10-5-2-6-11-20;/h1-12H,13-18H2;1H/b12-7+;. The summed E-state index contributed by atoms with van der Waals surface area (Å²) < 4.78 is 0. The van der Waals surface area contributed by atoms with Crippen LogP contribution in [0.5, 0.6) is 0 Å². The number of rotatable bonds is 5. The minimum Gasteiger partial charge on any atom is -0.297 e. The Morgan fingerprint density at radius 3 is 1.96 bits per heavy atom. The molecule has 1 heterocycles. The van der Waals surface area contributed by atoms with Crippen molar-refractivity contribution in [2.24, 2.45) is 0 Å². The number of hydrogen-bond donors (Lipinski definition) is 0. The molecule has 0 aromatic heterocycles. The molecule has 2 nitrogen and oxygen atoms in total. The van der Waals surface area contributed by atoms with Crippen molar-refractivity contribution >= 4 is 18.5 Å². The lowest BCUT2D eigenvalue weighted by Gasteiger charge is -2.34. The normalized spacial score (nSPS) is 16.3. The summed E-state index contributed by atoms with van der Waals surface area (Å²) in [6.45, 7) is 6.77. The van der Waals surface area contributed by atoms with Crippen LogP contribution in [0.15, 0.2) is 66.7 Å². The largest absolute Gasteiger partial charge is 0.297 e. The molecule has 0 bridgehead atoms. The van der Waals surface area contributed by atoms with Gasteiger partial charge in [0.15, 0.2) is 0 Å². The van der Waals surface area contributed by atoms with Gasteiger partial charge in [0.2, 0.25) is 0 Å². The summed E-state index contributed by atoms with van der Waals surface area (Å²) in [5.74, 6) is 0. The lowest BCUT2D eigenvalue weighted by molar-refractivity contribution is 0.137. The third-order valence-corrected chi connectivity index (χ3v) is 4.19. The van der Waals surface area contributed by atoms with Crippen molar-refractivity contribution in [1.82, 2.24) is 9.80 Å². The molecule has 0 atom stereocenters. The fourth-order valence-electron chi connectivity index (χ4n) is 2.87. The number of nitrogens with zero attached hydrogens (tertiary/aromatic N) is 2. The van der Waals surface area contributed by atoms with Crippen LogP contribution in [0.1, 0.15) is 11.1 Å². The molecule has 1 aliphatic heterocycles. The van der Waals surface area contributed by atoms with E-state index in [4.69, 9.17) is 0 Å². The average Bonchev–Trinajstić information content (AvgIpc) is 2.58. The maximum Gasteiger partial charge on any atom is 0.0234 e. The smallest absolute Gasteiger partial charge is 0.0234 e. The molecule has 0 N–H and O–H groups in total. The first-order valence-corrected chi connectivity index (χ1v) is 8.10. The van der Waals surface area contributed by atoms with Gasteiger partial charge in [-0.25, -0.2) is 0 Å². The summed E-state index contributed by atoms with van der Waals surface area (Å²) in [5.41, 5.74) is 2.70. The van der Waals surface area contributed by atoms with Gasteiger partial charge in [-0.3, -0.25) is 9.80 Å². The molecule has 23 heavy (non-hydrogen) atoms. The highest BCUT2D eigenvalue weighted by Gasteiger charge is 2.15. The Morgan fingerprint density at radius 2 is 1.30 bits per heavy atom. The van der Waals surface area contributed by atoms with E-state index in [1.807, 2.05) is 0 Å². The van der Waals surface area contributed by atoms with Gasteiger partial charge in [-0.15, -0.1) is 12.4 Å². The summed E-state index contributed by atoms with van der Waals surface area (Å²) in [6.07, 6.45) is 4.50. The number of benzene rings is 2. The summed E-state index contributed by atoms with van der Waals surface area (Å²) in [4.78, 5) is 5.08. The Morgan fingerprint density at radius 1 is 0.739 bits per heavy atom. The summed E-state index contributed by atoms with van der Waals surface area (Å²) in [7, 11) is 0. The van der Waals surface area contributed by atoms with E-state index in [1.54, 1.807) is 0 Å². The van der Waals surface area contributed by atoms with E-state index in [0.717, 1.165) is 39.3 Å². The quantitative estimate of drug-likeness (QED) is 0.820. The summed E-state index contributed by atoms with van der Waals surface area (Å²) >= 11 is 0. The monoisotopic (exact) mass is 328 g/mol. The highest BCUT2D eigenvalue weighted by Crippen LogP contribution is 2.09. The van der Waals surface area contributed by atoms with Crippen LogP contribution in [-0.4, -0.2) is 42.5 Å². The van der Waals surface area contributed by atoms with Gasteiger partial charge in [0.05, 0.1) is 0 Å². The molecule has 0 saturated carbocycles. The van der Waals surface area contributed by atoms with Gasteiger partial charge in [0.1, 0.15) is 0 Å². The fraction of sp³-hybridized carbons (Fsp3) is 0.300. The van der Waals surface area contributed by atoms with E-state index in [9.17, 15) is 0 Å². The molecule has 3 rings (SSSR count). The van der Waals surface area contributed by atoms with Crippen molar-refractivity contribution < 1.29 is 0 Å². The van der Waals surface area contributed by atoms with Gasteiger partial charge < -0.3 is 0 Å². The fourth-order valence-corrected chi connectivity index (χ4v) is 2.87. The molecule has 2 aromatic carbocycles. The van der Waals surface area contributed by atoms with Crippen molar-refractivity contribution in [1.29, 1.82) is 0 Å². The highest BCUT2D eigenvalue weighted by molar-refractivity contribution is 5.85. The van der Waals surface area contributed by atoms with Crippen molar-refractivity contribution in [2.45, 2.75) is 6.54 Å². The van der Waals surface area contributed by atoms with E-state index >= 15 is 0 Å². The van der Waals surface area contributed by atoms with Gasteiger partial charge in [-0.1, -0.05) is 72.8 Å². The third kappa shape index (κ3) is 5.83. The lowest BCUT2D eigenvalue weighted by Crippen LogP contribution is -2.45. The number of piperazine rings is 1. The number of halogens is 1. The van der Waals surface area contributed by atoms with Crippen molar-refractivity contribution in [3.63, 3.8) is 0 Å². The molecule has 0 unspecified atom stereocenters. The van der Waals surface area contributed by atoms with Crippen molar-refractivity contribution in [2.75, 3.05) is 32.7 Å². The van der Waals surface area contributed by atoms with E-state index in [-0.39, 0.29) is 12.4 Å². The predicted molar refractivity (Wildman–Crippen MR) is 101 cm³/mol. The van der Waals surface area contributed by atoms with E-state index in [0.29, 0.717) is 0 Å². The Labute approximate surface area is 145 Å². The van der Waals surface area contributed by atoms with Crippen LogP contribution in [0.3, 0.4) is 0 Å². The van der Waals surface area contributed by atoms with Crippen molar-refractivity contribution in [3.05, 3.63) is 77.9 Å². The molecule has 2 aromatic rings. The Balaban J connectivity index is 0.00000192. The highest BCUT2D eigenvalue weighted by atomic mass is 35.5. The maximum atomic E-state index is 2.55. The molecule has 1 saturated heterocycles. The molecule has 122 valence electrons. The Kier molecular flexibility index (Phi) is 7.34. The lowest BCUT2D eigenvalue weighted by atomic mass is 10.2. The first-order valence-electron chi connectivity index (χ1n) is 8.10. The summed E-state index contributed by atoms with van der Waals surface area (Å²) in [6, 6.07) is 21.3. The molecular weight excluding hydrogens is 304 g/mol. The molecule has 1 fully saturated rings. The molecule has 1 aliphatic rings. The molecule has 3 heteroatoms. The van der Waals surface area contributed by atoms with Gasteiger partial charge in [-0.2, -0.15) is 0 Å². The predicted octanol–water partition coefficient (Wildman–Crippen LogP) is 3.94. The van der Waals surface area contributed by atoms with Crippen LogP contribution >= 0.6 is 12.4 Å². The van der Waals surface area contributed by atoms with Crippen molar-refractivity contribution in [3.8, 4) is 0 Å². The van der Waals surface area contributed by atoms with Crippen LogP contribution in [0.2, 0.25) is 0 Å². The van der Waals surface area contributed by atoms with E-state index < -0.39 is 0 Å². The minimum atomic E-state index is 0. The van der Waals surface area contributed by atoms with Gasteiger partial charge >= 0.3 is 0 Å². The first kappa shape index (κ1) is 17.7. The van der Waals surface area contributed by atoms with Gasteiger partial charge in [-0.05, 0) is 11.1 Å². The second kappa shape index (κ2) is 9.51.